The molecular weight excluding hydrogens is 254 g/mol. The van der Waals surface area contributed by atoms with Gasteiger partial charge in [0, 0.05) is 30.5 Å². The van der Waals surface area contributed by atoms with Crippen LogP contribution in [-0.4, -0.2) is 60.2 Å². The molecule has 0 amide bonds. The standard InChI is InChI=1S/C12H23NO4S/c1-5-11(15)18-8-9(12(16)17)10(14)6-7-13(2,3)4/h9-10,14H,5-8H2,1-4H3/t9?,10-/m1/s1. The largest absolute Gasteiger partial charge is 0.550 e. The number of carbonyl (C=O) groups is 2. The molecule has 0 rings (SSSR count). The van der Waals surface area contributed by atoms with E-state index in [1.165, 1.54) is 0 Å². The highest BCUT2D eigenvalue weighted by Crippen LogP contribution is 2.17. The van der Waals surface area contributed by atoms with Crippen LogP contribution in [0, 0.1) is 5.92 Å². The average molecular weight is 277 g/mol. The van der Waals surface area contributed by atoms with Gasteiger partial charge in [-0.05, 0) is 0 Å². The summed E-state index contributed by atoms with van der Waals surface area (Å²) in [5.41, 5.74) is 0. The molecule has 0 spiro atoms. The monoisotopic (exact) mass is 277 g/mol. The fourth-order valence-corrected chi connectivity index (χ4v) is 2.27. The van der Waals surface area contributed by atoms with Gasteiger partial charge in [0.2, 0.25) is 0 Å². The molecule has 0 radical (unpaired) electrons. The highest BCUT2D eigenvalue weighted by molar-refractivity contribution is 8.13. The first kappa shape index (κ1) is 17.4. The highest BCUT2D eigenvalue weighted by Gasteiger charge is 2.23. The Morgan fingerprint density at radius 2 is 1.89 bits per heavy atom. The van der Waals surface area contributed by atoms with Crippen LogP contribution >= 0.6 is 11.8 Å². The lowest BCUT2D eigenvalue weighted by Crippen LogP contribution is -2.43. The Bertz CT molecular complexity index is 288. The van der Waals surface area contributed by atoms with E-state index in [4.69, 9.17) is 0 Å². The van der Waals surface area contributed by atoms with Crippen molar-refractivity contribution in [2.24, 2.45) is 5.92 Å². The molecule has 5 nitrogen and oxygen atoms in total. The summed E-state index contributed by atoms with van der Waals surface area (Å²) in [7, 11) is 5.91. The second-order valence-electron chi connectivity index (χ2n) is 5.33. The maximum absolute atomic E-state index is 11.1. The number of carbonyl (C=O) groups excluding carboxylic acids is 2. The molecule has 0 heterocycles. The molecule has 0 saturated heterocycles. The molecule has 0 aromatic heterocycles. The van der Waals surface area contributed by atoms with Gasteiger partial charge >= 0.3 is 0 Å². The van der Waals surface area contributed by atoms with Crippen LogP contribution in [0.5, 0.6) is 0 Å². The van der Waals surface area contributed by atoms with E-state index in [0.717, 1.165) is 11.8 Å². The molecule has 0 aromatic rings. The van der Waals surface area contributed by atoms with E-state index in [0.29, 0.717) is 23.9 Å². The molecule has 2 atom stereocenters. The van der Waals surface area contributed by atoms with Gasteiger partial charge in [0.25, 0.3) is 0 Å². The van der Waals surface area contributed by atoms with Crippen LogP contribution in [0.4, 0.5) is 0 Å². The highest BCUT2D eigenvalue weighted by atomic mass is 32.2. The zero-order valence-corrected chi connectivity index (χ0v) is 12.3. The van der Waals surface area contributed by atoms with Crippen LogP contribution in [0.2, 0.25) is 0 Å². The molecule has 0 bridgehead atoms. The van der Waals surface area contributed by atoms with Gasteiger partial charge < -0.3 is 19.5 Å². The Morgan fingerprint density at radius 1 is 1.33 bits per heavy atom. The number of hydrogen-bond acceptors (Lipinski definition) is 5. The van der Waals surface area contributed by atoms with Crippen LogP contribution in [0.3, 0.4) is 0 Å². The number of carboxylic acid groups (broad SMARTS) is 1. The van der Waals surface area contributed by atoms with E-state index >= 15 is 0 Å². The molecule has 0 fully saturated rings. The summed E-state index contributed by atoms with van der Waals surface area (Å²) in [5, 5.41) is 20.8. The maximum atomic E-state index is 11.1. The Labute approximate surface area is 113 Å². The Balaban J connectivity index is 4.32. The van der Waals surface area contributed by atoms with Crippen molar-refractivity contribution in [1.29, 1.82) is 0 Å². The minimum Gasteiger partial charge on any atom is -0.550 e. The van der Waals surface area contributed by atoms with Crippen LogP contribution in [0.25, 0.3) is 0 Å². The topological polar surface area (TPSA) is 77.4 Å². The molecular formula is C12H23NO4S. The molecule has 0 aliphatic carbocycles. The second-order valence-corrected chi connectivity index (χ2v) is 6.41. The summed E-state index contributed by atoms with van der Waals surface area (Å²) in [6.45, 7) is 2.38. The molecule has 18 heavy (non-hydrogen) atoms. The summed E-state index contributed by atoms with van der Waals surface area (Å²) < 4.78 is 0.651. The van der Waals surface area contributed by atoms with Gasteiger partial charge in [-0.25, -0.2) is 0 Å². The number of quaternary nitrogens is 1. The van der Waals surface area contributed by atoms with Gasteiger partial charge in [-0.15, -0.1) is 0 Å². The van der Waals surface area contributed by atoms with E-state index in [-0.39, 0.29) is 10.9 Å². The van der Waals surface area contributed by atoms with Crippen molar-refractivity contribution in [3.63, 3.8) is 0 Å². The van der Waals surface area contributed by atoms with Gasteiger partial charge in [-0.3, -0.25) is 4.79 Å². The molecule has 1 N–H and O–H groups in total. The number of aliphatic hydroxyl groups excluding tert-OH is 1. The summed E-state index contributed by atoms with van der Waals surface area (Å²) in [6.07, 6.45) is -0.230. The number of aliphatic hydroxyl groups is 1. The fraction of sp³-hybridized carbons (Fsp3) is 0.833. The molecule has 106 valence electrons. The minimum absolute atomic E-state index is 0.0694. The summed E-state index contributed by atoms with van der Waals surface area (Å²) in [4.78, 5) is 22.1. The maximum Gasteiger partial charge on any atom is 0.188 e. The van der Waals surface area contributed by atoms with Crippen molar-refractivity contribution >= 4 is 22.8 Å². The van der Waals surface area contributed by atoms with Crippen molar-refractivity contribution in [2.45, 2.75) is 25.9 Å². The lowest BCUT2D eigenvalue weighted by molar-refractivity contribution is -0.870. The van der Waals surface area contributed by atoms with Crippen LogP contribution in [0.1, 0.15) is 19.8 Å². The quantitative estimate of drug-likeness (QED) is 0.604. The molecule has 0 aliphatic rings. The van der Waals surface area contributed by atoms with Crippen molar-refractivity contribution in [1.82, 2.24) is 0 Å². The van der Waals surface area contributed by atoms with Crippen molar-refractivity contribution in [3.8, 4) is 0 Å². The number of aliphatic carboxylic acids is 1. The average Bonchev–Trinajstić information content (AvgIpc) is 2.24. The normalized spacial score (nSPS) is 15.2. The third kappa shape index (κ3) is 7.68. The van der Waals surface area contributed by atoms with Crippen molar-refractivity contribution < 1.29 is 24.3 Å². The zero-order valence-electron chi connectivity index (χ0n) is 11.5. The molecule has 1 unspecified atom stereocenters. The van der Waals surface area contributed by atoms with Crippen LogP contribution < -0.4 is 5.11 Å². The number of nitrogens with zero attached hydrogens (tertiary/aromatic N) is 1. The van der Waals surface area contributed by atoms with Crippen LogP contribution in [-0.2, 0) is 9.59 Å². The smallest absolute Gasteiger partial charge is 0.188 e. The molecule has 6 heteroatoms. The summed E-state index contributed by atoms with van der Waals surface area (Å²) in [6, 6.07) is 0. The SMILES string of the molecule is CCC(=O)SCC(C(=O)[O-])[C@H](O)CC[N+](C)(C)C. The fourth-order valence-electron chi connectivity index (χ4n) is 1.34. The van der Waals surface area contributed by atoms with Crippen LogP contribution in [0.15, 0.2) is 0 Å². The van der Waals surface area contributed by atoms with Crippen molar-refractivity contribution in [2.75, 3.05) is 33.4 Å². The Morgan fingerprint density at radius 3 is 2.28 bits per heavy atom. The molecule has 0 saturated carbocycles. The lowest BCUT2D eigenvalue weighted by Gasteiger charge is -2.28. The predicted octanol–water partition coefficient (Wildman–Crippen LogP) is -0.520. The molecule has 0 aromatic carbocycles. The van der Waals surface area contributed by atoms with Gasteiger partial charge in [-0.1, -0.05) is 18.7 Å². The zero-order chi connectivity index (χ0) is 14.3. The third-order valence-corrected chi connectivity index (χ3v) is 3.71. The Kier molecular flexibility index (Phi) is 7.51. The Hall–Kier alpha value is -0.590. The summed E-state index contributed by atoms with van der Waals surface area (Å²) >= 11 is 0.950. The second kappa shape index (κ2) is 7.76. The van der Waals surface area contributed by atoms with E-state index in [2.05, 4.69) is 0 Å². The van der Waals surface area contributed by atoms with Gasteiger partial charge in [0.1, 0.15) is 0 Å². The van der Waals surface area contributed by atoms with E-state index in [1.54, 1.807) is 6.92 Å². The predicted molar refractivity (Wildman–Crippen MR) is 69.8 cm³/mol. The first-order chi connectivity index (χ1) is 8.17. The third-order valence-electron chi connectivity index (χ3n) is 2.58. The van der Waals surface area contributed by atoms with Crippen molar-refractivity contribution in [3.05, 3.63) is 0 Å². The van der Waals surface area contributed by atoms with E-state index in [9.17, 15) is 19.8 Å². The van der Waals surface area contributed by atoms with E-state index in [1.807, 2.05) is 21.1 Å². The number of rotatable bonds is 8. The summed E-state index contributed by atoms with van der Waals surface area (Å²) in [5.74, 6) is -2.20. The van der Waals surface area contributed by atoms with Gasteiger partial charge in [-0.2, -0.15) is 0 Å². The van der Waals surface area contributed by atoms with E-state index < -0.39 is 18.0 Å². The first-order valence-electron chi connectivity index (χ1n) is 6.02. The lowest BCUT2D eigenvalue weighted by atomic mass is 10.0. The first-order valence-corrected chi connectivity index (χ1v) is 7.01. The number of carboxylic acids is 1. The van der Waals surface area contributed by atoms with Gasteiger partial charge in [0.05, 0.1) is 33.8 Å². The number of thioether (sulfide) groups is 1. The molecule has 0 aliphatic heterocycles. The number of hydrogen-bond donors (Lipinski definition) is 1. The van der Waals surface area contributed by atoms with Gasteiger partial charge in [0.15, 0.2) is 5.12 Å². The minimum atomic E-state index is -1.29.